The van der Waals surface area contributed by atoms with Crippen LogP contribution in [0.15, 0.2) is 30.5 Å². The quantitative estimate of drug-likeness (QED) is 0.456. The molecule has 1 aliphatic rings. The van der Waals surface area contributed by atoms with Gasteiger partial charge in [-0.25, -0.2) is 9.97 Å². The summed E-state index contributed by atoms with van der Waals surface area (Å²) in [4.78, 5) is 25.2. The van der Waals surface area contributed by atoms with Crippen molar-refractivity contribution in [1.82, 2.24) is 15.3 Å². The summed E-state index contributed by atoms with van der Waals surface area (Å²) >= 11 is 1.61. The number of fused-ring (bicyclic) bond motifs is 1. The Balaban J connectivity index is 1.36. The molecule has 34 heavy (non-hydrogen) atoms. The van der Waals surface area contributed by atoms with E-state index in [4.69, 9.17) is 19.2 Å². The van der Waals surface area contributed by atoms with Gasteiger partial charge in [0.2, 0.25) is 11.7 Å². The maximum Gasteiger partial charge on any atom is 0.223 e. The van der Waals surface area contributed by atoms with Gasteiger partial charge in [-0.3, -0.25) is 4.79 Å². The van der Waals surface area contributed by atoms with Crippen molar-refractivity contribution >= 4 is 32.7 Å². The fourth-order valence-electron chi connectivity index (χ4n) is 4.11. The van der Waals surface area contributed by atoms with E-state index in [-0.39, 0.29) is 11.8 Å². The Morgan fingerprint density at radius 3 is 2.38 bits per heavy atom. The molecule has 0 atom stereocenters. The number of carbonyl (C=O) groups is 1. The number of piperidine rings is 1. The number of aromatic nitrogens is 2. The van der Waals surface area contributed by atoms with Gasteiger partial charge in [0, 0.05) is 31.7 Å². The van der Waals surface area contributed by atoms with Crippen LogP contribution in [-0.4, -0.2) is 48.8 Å². The number of thiazole rings is 1. The van der Waals surface area contributed by atoms with E-state index in [0.717, 1.165) is 47.0 Å². The van der Waals surface area contributed by atoms with E-state index in [9.17, 15) is 4.79 Å². The van der Waals surface area contributed by atoms with Gasteiger partial charge < -0.3 is 24.4 Å². The Bertz CT molecular complexity index is 1050. The standard InChI is InChI=1S/C25H32N4O4S/c1-4-31-20-14-17(15-21(32-5-2)22(20)33-6-3)16-27-23(30)18-9-12-29(13-10-18)25-28-19-8-7-11-26-24(19)34-25/h7-8,11,14-15,18H,4-6,9-10,12-13,16H2,1-3H3,(H,27,30). The second-order valence-electron chi connectivity index (χ2n) is 8.02. The highest BCUT2D eigenvalue weighted by Gasteiger charge is 2.26. The van der Waals surface area contributed by atoms with E-state index in [2.05, 4.69) is 15.2 Å². The van der Waals surface area contributed by atoms with Crippen molar-refractivity contribution in [1.29, 1.82) is 0 Å². The fraction of sp³-hybridized carbons (Fsp3) is 0.480. The molecule has 1 saturated heterocycles. The van der Waals surface area contributed by atoms with Gasteiger partial charge in [-0.1, -0.05) is 11.3 Å². The van der Waals surface area contributed by atoms with Gasteiger partial charge in [0.1, 0.15) is 10.3 Å². The maximum atomic E-state index is 12.9. The van der Waals surface area contributed by atoms with Crippen molar-refractivity contribution in [3.63, 3.8) is 0 Å². The third-order valence-corrected chi connectivity index (χ3v) is 6.77. The van der Waals surface area contributed by atoms with Crippen LogP contribution in [0, 0.1) is 5.92 Å². The molecule has 3 heterocycles. The number of amides is 1. The van der Waals surface area contributed by atoms with Gasteiger partial charge in [0.15, 0.2) is 16.6 Å². The lowest BCUT2D eigenvalue weighted by Crippen LogP contribution is -2.40. The molecule has 1 amide bonds. The van der Waals surface area contributed by atoms with Crippen LogP contribution in [0.1, 0.15) is 39.2 Å². The molecule has 4 rings (SSSR count). The van der Waals surface area contributed by atoms with Crippen LogP contribution in [0.25, 0.3) is 10.3 Å². The smallest absolute Gasteiger partial charge is 0.223 e. The number of benzene rings is 1. The third kappa shape index (κ3) is 5.52. The molecule has 0 aliphatic carbocycles. The summed E-state index contributed by atoms with van der Waals surface area (Å²) < 4.78 is 17.3. The summed E-state index contributed by atoms with van der Waals surface area (Å²) in [5, 5.41) is 4.08. The van der Waals surface area contributed by atoms with E-state index >= 15 is 0 Å². The van der Waals surface area contributed by atoms with Gasteiger partial charge >= 0.3 is 0 Å². The number of hydrogen-bond donors (Lipinski definition) is 1. The summed E-state index contributed by atoms with van der Waals surface area (Å²) in [6.07, 6.45) is 3.39. The number of ether oxygens (including phenoxy) is 3. The summed E-state index contributed by atoms with van der Waals surface area (Å²) in [6.45, 7) is 9.38. The highest BCUT2D eigenvalue weighted by atomic mass is 32.1. The van der Waals surface area contributed by atoms with Crippen LogP contribution >= 0.6 is 11.3 Å². The average molecular weight is 485 g/mol. The van der Waals surface area contributed by atoms with Crippen molar-refractivity contribution in [2.75, 3.05) is 37.8 Å². The molecule has 1 aromatic carbocycles. The van der Waals surface area contributed by atoms with Crippen molar-refractivity contribution in [3.05, 3.63) is 36.0 Å². The summed E-state index contributed by atoms with van der Waals surface area (Å²) in [7, 11) is 0. The minimum Gasteiger partial charge on any atom is -0.490 e. The van der Waals surface area contributed by atoms with Crippen LogP contribution < -0.4 is 24.4 Å². The van der Waals surface area contributed by atoms with E-state index in [0.29, 0.717) is 43.6 Å². The summed E-state index contributed by atoms with van der Waals surface area (Å²) in [5.74, 6) is 1.95. The van der Waals surface area contributed by atoms with Gasteiger partial charge in [0.05, 0.1) is 19.8 Å². The minimum atomic E-state index is -0.0100. The zero-order chi connectivity index (χ0) is 23.9. The molecular weight excluding hydrogens is 452 g/mol. The number of carbonyl (C=O) groups excluding carboxylic acids is 1. The highest BCUT2D eigenvalue weighted by molar-refractivity contribution is 7.21. The van der Waals surface area contributed by atoms with Crippen molar-refractivity contribution in [2.24, 2.45) is 5.92 Å². The minimum absolute atomic E-state index is 0.0100. The molecule has 0 unspecified atom stereocenters. The molecule has 1 aliphatic heterocycles. The van der Waals surface area contributed by atoms with Crippen LogP contribution in [0.2, 0.25) is 0 Å². The molecule has 0 saturated carbocycles. The molecule has 1 N–H and O–H groups in total. The van der Waals surface area contributed by atoms with Crippen LogP contribution in [0.5, 0.6) is 17.2 Å². The molecule has 182 valence electrons. The number of pyridine rings is 1. The van der Waals surface area contributed by atoms with E-state index in [1.54, 1.807) is 17.5 Å². The van der Waals surface area contributed by atoms with Gasteiger partial charge in [-0.2, -0.15) is 0 Å². The average Bonchev–Trinajstić information content (AvgIpc) is 3.29. The lowest BCUT2D eigenvalue weighted by atomic mass is 9.96. The Morgan fingerprint density at radius 2 is 1.76 bits per heavy atom. The Morgan fingerprint density at radius 1 is 1.09 bits per heavy atom. The zero-order valence-electron chi connectivity index (χ0n) is 20.0. The Kier molecular flexibility index (Phi) is 8.05. The number of anilines is 1. The van der Waals surface area contributed by atoms with Crippen LogP contribution in [0.3, 0.4) is 0 Å². The molecule has 8 nitrogen and oxygen atoms in total. The molecule has 9 heteroatoms. The fourth-order valence-corrected chi connectivity index (χ4v) is 5.07. The van der Waals surface area contributed by atoms with Gasteiger partial charge in [-0.05, 0) is 63.4 Å². The van der Waals surface area contributed by atoms with Crippen LogP contribution in [0.4, 0.5) is 5.13 Å². The number of nitrogens with zero attached hydrogens (tertiary/aromatic N) is 3. The van der Waals surface area contributed by atoms with Gasteiger partial charge in [-0.15, -0.1) is 0 Å². The number of rotatable bonds is 10. The van der Waals surface area contributed by atoms with Crippen molar-refractivity contribution < 1.29 is 19.0 Å². The van der Waals surface area contributed by atoms with Crippen LogP contribution in [-0.2, 0) is 11.3 Å². The molecule has 0 spiro atoms. The van der Waals surface area contributed by atoms with E-state index < -0.39 is 0 Å². The normalized spacial score (nSPS) is 14.3. The van der Waals surface area contributed by atoms with Crippen molar-refractivity contribution in [2.45, 2.75) is 40.2 Å². The Hall–Kier alpha value is -3.07. The maximum absolute atomic E-state index is 12.9. The summed E-state index contributed by atoms with van der Waals surface area (Å²) in [5.41, 5.74) is 1.85. The first kappa shape index (κ1) is 24.1. The largest absolute Gasteiger partial charge is 0.490 e. The van der Waals surface area contributed by atoms with Crippen molar-refractivity contribution in [3.8, 4) is 17.2 Å². The topological polar surface area (TPSA) is 85.8 Å². The molecular formula is C25H32N4O4S. The first-order chi connectivity index (χ1) is 16.6. The first-order valence-electron chi connectivity index (χ1n) is 11.9. The van der Waals surface area contributed by atoms with Gasteiger partial charge in [0.25, 0.3) is 0 Å². The molecule has 1 fully saturated rings. The lowest BCUT2D eigenvalue weighted by Gasteiger charge is -2.31. The summed E-state index contributed by atoms with van der Waals surface area (Å²) in [6, 6.07) is 7.72. The predicted octanol–water partition coefficient (Wildman–Crippen LogP) is 4.42. The highest BCUT2D eigenvalue weighted by Crippen LogP contribution is 2.39. The molecule has 0 radical (unpaired) electrons. The first-order valence-corrected chi connectivity index (χ1v) is 12.7. The van der Waals surface area contributed by atoms with E-state index in [1.165, 1.54) is 0 Å². The number of hydrogen-bond acceptors (Lipinski definition) is 8. The molecule has 2 aromatic heterocycles. The Labute approximate surface area is 204 Å². The number of nitrogens with one attached hydrogen (secondary N) is 1. The van der Waals surface area contributed by atoms with E-state index in [1.807, 2.05) is 45.0 Å². The second-order valence-corrected chi connectivity index (χ2v) is 8.98. The molecule has 0 bridgehead atoms. The zero-order valence-corrected chi connectivity index (χ0v) is 20.8. The monoisotopic (exact) mass is 484 g/mol. The molecule has 3 aromatic rings. The SMILES string of the molecule is CCOc1cc(CNC(=O)C2CCN(c3nc4cccnc4s3)CC2)cc(OCC)c1OCC. The third-order valence-electron chi connectivity index (χ3n) is 5.73. The second kappa shape index (κ2) is 11.4. The predicted molar refractivity (Wildman–Crippen MR) is 134 cm³/mol. The lowest BCUT2D eigenvalue weighted by molar-refractivity contribution is -0.125.